The summed E-state index contributed by atoms with van der Waals surface area (Å²) in [6.45, 7) is 0.421. The number of methoxy groups -OCH3 is 1. The molecular formula is C15H15ClN3O4-. The number of hydrogen-bond acceptors (Lipinski definition) is 5. The number of carbonyl (C=O) groups excluding carboxylic acids is 2. The smallest absolute Gasteiger partial charge is 0.259 e. The molecule has 1 aromatic carbocycles. The Morgan fingerprint density at radius 2 is 2.22 bits per heavy atom. The Kier molecular flexibility index (Phi) is 5.59. The van der Waals surface area contributed by atoms with Gasteiger partial charge in [-0.05, 0) is 31.0 Å². The maximum atomic E-state index is 12.3. The van der Waals surface area contributed by atoms with Gasteiger partial charge in [-0.25, -0.2) is 0 Å². The molecule has 122 valence electrons. The lowest BCUT2D eigenvalue weighted by molar-refractivity contribution is -0.305. The highest BCUT2D eigenvalue weighted by Crippen LogP contribution is 2.23. The van der Waals surface area contributed by atoms with Gasteiger partial charge in [0, 0.05) is 23.7 Å². The minimum Gasteiger partial charge on any atom is -0.550 e. The van der Waals surface area contributed by atoms with Crippen LogP contribution in [0.25, 0.3) is 0 Å². The number of benzene rings is 1. The van der Waals surface area contributed by atoms with Gasteiger partial charge in [-0.2, -0.15) is 5.10 Å². The number of rotatable bonds is 7. The van der Waals surface area contributed by atoms with E-state index >= 15 is 0 Å². The maximum Gasteiger partial charge on any atom is 0.259 e. The number of carbonyl (C=O) groups is 2. The largest absolute Gasteiger partial charge is 0.550 e. The Balaban J connectivity index is 2.02. The molecule has 0 unspecified atom stereocenters. The summed E-state index contributed by atoms with van der Waals surface area (Å²) in [4.78, 5) is 22.7. The summed E-state index contributed by atoms with van der Waals surface area (Å²) >= 11 is 5.90. The summed E-state index contributed by atoms with van der Waals surface area (Å²) in [5.41, 5.74) is 0.801. The second-order valence-corrected chi connectivity index (χ2v) is 5.20. The van der Waals surface area contributed by atoms with Crippen LogP contribution in [0.4, 0.5) is 5.69 Å². The highest BCUT2D eigenvalue weighted by atomic mass is 35.5. The molecular weight excluding hydrogens is 322 g/mol. The van der Waals surface area contributed by atoms with Gasteiger partial charge < -0.3 is 20.0 Å². The molecule has 0 aliphatic rings. The number of aliphatic carboxylic acids is 1. The molecule has 1 N–H and O–H groups in total. The van der Waals surface area contributed by atoms with Crippen molar-refractivity contribution in [3.63, 3.8) is 0 Å². The van der Waals surface area contributed by atoms with E-state index in [1.807, 2.05) is 0 Å². The summed E-state index contributed by atoms with van der Waals surface area (Å²) in [6, 6.07) is 4.76. The summed E-state index contributed by atoms with van der Waals surface area (Å²) in [5.74, 6) is -1.06. The van der Waals surface area contributed by atoms with Crippen molar-refractivity contribution in [2.75, 3.05) is 12.4 Å². The molecule has 7 nitrogen and oxygen atoms in total. The van der Waals surface area contributed by atoms with E-state index in [-0.39, 0.29) is 12.3 Å². The fraction of sp³-hybridized carbons (Fsp3) is 0.267. The van der Waals surface area contributed by atoms with E-state index in [1.165, 1.54) is 19.4 Å². The van der Waals surface area contributed by atoms with Crippen LogP contribution in [0.2, 0.25) is 5.02 Å². The molecule has 0 aliphatic carbocycles. The Hall–Kier alpha value is -2.54. The molecule has 1 aromatic heterocycles. The van der Waals surface area contributed by atoms with E-state index in [0.717, 1.165) is 0 Å². The standard InChI is InChI=1S/C15H16ClN3O4/c1-23-13-5-4-10(16)7-12(13)15(22)18-11-8-17-19(9-11)6-2-3-14(20)21/h4-5,7-9H,2-3,6H2,1H3,(H,18,22)(H,20,21)/p-1. The summed E-state index contributed by atoms with van der Waals surface area (Å²) in [6.07, 6.45) is 3.46. The van der Waals surface area contributed by atoms with Gasteiger partial charge in [-0.1, -0.05) is 11.6 Å². The van der Waals surface area contributed by atoms with Gasteiger partial charge in [0.15, 0.2) is 0 Å². The van der Waals surface area contributed by atoms with Crippen molar-refractivity contribution in [2.24, 2.45) is 0 Å². The van der Waals surface area contributed by atoms with Gasteiger partial charge in [-0.15, -0.1) is 0 Å². The number of aryl methyl sites for hydroxylation is 1. The lowest BCUT2D eigenvalue weighted by atomic mass is 10.2. The zero-order valence-electron chi connectivity index (χ0n) is 12.4. The van der Waals surface area contributed by atoms with E-state index in [1.54, 1.807) is 23.0 Å². The second kappa shape index (κ2) is 7.64. The average Bonchev–Trinajstić information content (AvgIpc) is 2.94. The van der Waals surface area contributed by atoms with Crippen molar-refractivity contribution < 1.29 is 19.4 Å². The second-order valence-electron chi connectivity index (χ2n) is 4.77. The lowest BCUT2D eigenvalue weighted by Crippen LogP contribution is -2.22. The molecule has 0 fully saturated rings. The van der Waals surface area contributed by atoms with Crippen molar-refractivity contribution in [3.05, 3.63) is 41.2 Å². The van der Waals surface area contributed by atoms with Gasteiger partial charge in [-0.3, -0.25) is 9.48 Å². The topological polar surface area (TPSA) is 96.3 Å². The van der Waals surface area contributed by atoms with E-state index in [0.29, 0.717) is 35.0 Å². The molecule has 8 heteroatoms. The number of carboxylic acids is 1. The summed E-state index contributed by atoms with van der Waals surface area (Å²) < 4.78 is 6.69. The highest BCUT2D eigenvalue weighted by Gasteiger charge is 2.14. The normalized spacial score (nSPS) is 10.3. The van der Waals surface area contributed by atoms with Crippen LogP contribution >= 0.6 is 11.6 Å². The van der Waals surface area contributed by atoms with E-state index in [2.05, 4.69) is 10.4 Å². The van der Waals surface area contributed by atoms with Crippen LogP contribution in [0.1, 0.15) is 23.2 Å². The molecule has 1 amide bonds. The molecule has 0 spiro atoms. The van der Waals surface area contributed by atoms with Crippen LogP contribution < -0.4 is 15.2 Å². The lowest BCUT2D eigenvalue weighted by Gasteiger charge is -2.08. The minimum absolute atomic E-state index is 0.0404. The summed E-state index contributed by atoms with van der Waals surface area (Å²) in [7, 11) is 1.47. The SMILES string of the molecule is COc1ccc(Cl)cc1C(=O)Nc1cnn(CCCC(=O)[O-])c1. The molecule has 0 bridgehead atoms. The minimum atomic E-state index is -1.10. The van der Waals surface area contributed by atoms with Crippen molar-refractivity contribution in [1.82, 2.24) is 9.78 Å². The molecule has 2 rings (SSSR count). The van der Waals surface area contributed by atoms with E-state index < -0.39 is 5.97 Å². The van der Waals surface area contributed by atoms with Crippen LogP contribution in [0.15, 0.2) is 30.6 Å². The van der Waals surface area contributed by atoms with Gasteiger partial charge in [0.1, 0.15) is 5.75 Å². The number of aromatic nitrogens is 2. The van der Waals surface area contributed by atoms with Crippen molar-refractivity contribution in [1.29, 1.82) is 0 Å². The van der Waals surface area contributed by atoms with Crippen LogP contribution in [-0.4, -0.2) is 28.8 Å². The van der Waals surface area contributed by atoms with Gasteiger partial charge in [0.2, 0.25) is 0 Å². The average molecular weight is 337 g/mol. The number of amides is 1. The molecule has 0 radical (unpaired) electrons. The molecule has 0 saturated carbocycles. The molecule has 23 heavy (non-hydrogen) atoms. The van der Waals surface area contributed by atoms with Crippen LogP contribution in [0.5, 0.6) is 5.75 Å². The molecule has 0 aliphatic heterocycles. The van der Waals surface area contributed by atoms with Crippen LogP contribution in [-0.2, 0) is 11.3 Å². The van der Waals surface area contributed by atoms with Crippen molar-refractivity contribution >= 4 is 29.2 Å². The van der Waals surface area contributed by atoms with Crippen molar-refractivity contribution in [3.8, 4) is 5.75 Å². The number of hydrogen-bond donors (Lipinski definition) is 1. The Bertz CT molecular complexity index is 714. The van der Waals surface area contributed by atoms with E-state index in [4.69, 9.17) is 16.3 Å². The fourth-order valence-corrected chi connectivity index (χ4v) is 2.16. The molecule has 2 aromatic rings. The van der Waals surface area contributed by atoms with Gasteiger partial charge in [0.05, 0.1) is 24.6 Å². The number of anilines is 1. The molecule has 1 heterocycles. The number of halogens is 1. The quantitative estimate of drug-likeness (QED) is 0.822. The summed E-state index contributed by atoms with van der Waals surface area (Å²) in [5, 5.41) is 17.5. The predicted octanol–water partition coefficient (Wildman–Crippen LogP) is 1.33. The zero-order chi connectivity index (χ0) is 16.8. The van der Waals surface area contributed by atoms with Crippen LogP contribution in [0.3, 0.4) is 0 Å². The Morgan fingerprint density at radius 3 is 2.91 bits per heavy atom. The maximum absolute atomic E-state index is 12.3. The van der Waals surface area contributed by atoms with Gasteiger partial charge in [0.25, 0.3) is 5.91 Å². The predicted molar refractivity (Wildman–Crippen MR) is 82.4 cm³/mol. The fourth-order valence-electron chi connectivity index (χ4n) is 1.99. The van der Waals surface area contributed by atoms with Gasteiger partial charge >= 0.3 is 0 Å². The molecule has 0 atom stereocenters. The zero-order valence-corrected chi connectivity index (χ0v) is 13.2. The first-order valence-electron chi connectivity index (χ1n) is 6.87. The Morgan fingerprint density at radius 1 is 1.43 bits per heavy atom. The van der Waals surface area contributed by atoms with E-state index in [9.17, 15) is 14.7 Å². The third-order valence-corrected chi connectivity index (χ3v) is 3.30. The first-order chi connectivity index (χ1) is 11.0. The molecule has 0 saturated heterocycles. The third kappa shape index (κ3) is 4.72. The Labute approximate surface area is 137 Å². The number of nitrogens with one attached hydrogen (secondary N) is 1. The number of carboxylic acid groups (broad SMARTS) is 1. The van der Waals surface area contributed by atoms with Crippen molar-refractivity contribution in [2.45, 2.75) is 19.4 Å². The monoisotopic (exact) mass is 336 g/mol. The third-order valence-electron chi connectivity index (χ3n) is 3.07. The van der Waals surface area contributed by atoms with Crippen LogP contribution in [0, 0.1) is 0 Å². The first-order valence-corrected chi connectivity index (χ1v) is 7.24. The number of nitrogens with zero attached hydrogens (tertiary/aromatic N) is 2. The first kappa shape index (κ1) is 16.8. The number of ether oxygens (including phenoxy) is 1. The highest BCUT2D eigenvalue weighted by molar-refractivity contribution is 6.31.